The van der Waals surface area contributed by atoms with Gasteiger partial charge in [-0.1, -0.05) is 56.2 Å². The van der Waals surface area contributed by atoms with E-state index in [2.05, 4.69) is 19.1 Å². The summed E-state index contributed by atoms with van der Waals surface area (Å²) in [5, 5.41) is 0. The molecule has 0 fully saturated rings. The van der Waals surface area contributed by atoms with Crippen molar-refractivity contribution in [3.05, 3.63) is 48.0 Å². The van der Waals surface area contributed by atoms with Gasteiger partial charge in [0.2, 0.25) is 0 Å². The molecule has 0 saturated heterocycles. The molecule has 98 valence electrons. The Bertz CT molecular complexity index is 368. The summed E-state index contributed by atoms with van der Waals surface area (Å²) in [5.41, 5.74) is 1.26. The molecular weight excluding hydrogens is 224 g/mol. The van der Waals surface area contributed by atoms with Crippen LogP contribution in [-0.4, -0.2) is 12.6 Å². The second-order valence-corrected chi connectivity index (χ2v) is 4.27. The summed E-state index contributed by atoms with van der Waals surface area (Å²) < 4.78 is 4.91. The van der Waals surface area contributed by atoms with Crippen molar-refractivity contribution in [3.8, 4) is 0 Å². The molecule has 0 radical (unpaired) electrons. The molecule has 2 heteroatoms. The van der Waals surface area contributed by atoms with E-state index in [4.69, 9.17) is 4.74 Å². The Morgan fingerprint density at radius 2 is 2.00 bits per heavy atom. The summed E-state index contributed by atoms with van der Waals surface area (Å²) >= 11 is 0. The zero-order valence-corrected chi connectivity index (χ0v) is 11.3. The predicted molar refractivity (Wildman–Crippen MR) is 74.5 cm³/mol. The van der Waals surface area contributed by atoms with Gasteiger partial charge in [0, 0.05) is 12.0 Å². The molecule has 0 spiro atoms. The Balaban J connectivity index is 2.70. The Morgan fingerprint density at radius 3 is 2.61 bits per heavy atom. The first-order valence-electron chi connectivity index (χ1n) is 6.67. The van der Waals surface area contributed by atoms with Crippen molar-refractivity contribution in [1.82, 2.24) is 0 Å². The quantitative estimate of drug-likeness (QED) is 0.535. The summed E-state index contributed by atoms with van der Waals surface area (Å²) in [4.78, 5) is 11.3. The third-order valence-corrected chi connectivity index (χ3v) is 2.85. The van der Waals surface area contributed by atoms with Gasteiger partial charge in [-0.05, 0) is 18.9 Å². The fraction of sp³-hybridized carbons (Fsp3) is 0.438. The van der Waals surface area contributed by atoms with Crippen LogP contribution in [0.1, 0.15) is 44.6 Å². The second-order valence-electron chi connectivity index (χ2n) is 4.27. The third-order valence-electron chi connectivity index (χ3n) is 2.85. The third kappa shape index (κ3) is 5.17. The van der Waals surface area contributed by atoms with Gasteiger partial charge < -0.3 is 4.74 Å². The number of allylic oxidation sites excluding steroid dienone is 1. The van der Waals surface area contributed by atoms with Crippen molar-refractivity contribution >= 4 is 5.97 Å². The highest BCUT2D eigenvalue weighted by molar-refractivity contribution is 5.82. The second kappa shape index (κ2) is 8.51. The maximum atomic E-state index is 11.3. The van der Waals surface area contributed by atoms with Crippen LogP contribution < -0.4 is 0 Å². The molecule has 1 rings (SSSR count). The number of carbonyl (C=O) groups is 1. The van der Waals surface area contributed by atoms with Gasteiger partial charge in [-0.2, -0.15) is 0 Å². The number of carbonyl (C=O) groups excluding carboxylic acids is 1. The van der Waals surface area contributed by atoms with Gasteiger partial charge in [-0.3, -0.25) is 0 Å². The standard InChI is InChI=1S/C16H22O2/c1-3-5-9-15(12-13-16(17)18-4-2)14-10-7-6-8-11-14/h6-8,10-13,15H,3-5,9H2,1-2H3/b13-12+. The highest BCUT2D eigenvalue weighted by Crippen LogP contribution is 2.23. The molecular formula is C16H22O2. The van der Waals surface area contributed by atoms with E-state index in [1.165, 1.54) is 5.56 Å². The van der Waals surface area contributed by atoms with E-state index in [1.807, 2.05) is 31.2 Å². The summed E-state index contributed by atoms with van der Waals surface area (Å²) in [6.45, 7) is 4.42. The largest absolute Gasteiger partial charge is 0.463 e. The molecule has 0 aliphatic rings. The van der Waals surface area contributed by atoms with Crippen molar-refractivity contribution < 1.29 is 9.53 Å². The van der Waals surface area contributed by atoms with Crippen LogP contribution in [0.25, 0.3) is 0 Å². The van der Waals surface area contributed by atoms with E-state index in [9.17, 15) is 4.79 Å². The van der Waals surface area contributed by atoms with Crippen molar-refractivity contribution in [1.29, 1.82) is 0 Å². The lowest BCUT2D eigenvalue weighted by atomic mass is 9.93. The molecule has 0 saturated carbocycles. The molecule has 0 bridgehead atoms. The van der Waals surface area contributed by atoms with Crippen LogP contribution >= 0.6 is 0 Å². The summed E-state index contributed by atoms with van der Waals surface area (Å²) in [6.07, 6.45) is 6.90. The van der Waals surface area contributed by atoms with Gasteiger partial charge >= 0.3 is 5.97 Å². The minimum atomic E-state index is -0.255. The van der Waals surface area contributed by atoms with Crippen LogP contribution in [0.4, 0.5) is 0 Å². The van der Waals surface area contributed by atoms with E-state index >= 15 is 0 Å². The van der Waals surface area contributed by atoms with Gasteiger partial charge in [0.15, 0.2) is 0 Å². The van der Waals surface area contributed by atoms with Crippen molar-refractivity contribution in [2.45, 2.75) is 39.0 Å². The lowest BCUT2D eigenvalue weighted by Gasteiger charge is -2.12. The normalized spacial score (nSPS) is 12.6. The van der Waals surface area contributed by atoms with Gasteiger partial charge in [0.25, 0.3) is 0 Å². The summed E-state index contributed by atoms with van der Waals surface area (Å²) in [7, 11) is 0. The molecule has 0 aromatic heterocycles. The van der Waals surface area contributed by atoms with Crippen LogP contribution in [0.15, 0.2) is 42.5 Å². The maximum Gasteiger partial charge on any atom is 0.330 e. The van der Waals surface area contributed by atoms with Gasteiger partial charge in [0.1, 0.15) is 0 Å². The first kappa shape index (κ1) is 14.5. The minimum Gasteiger partial charge on any atom is -0.463 e. The van der Waals surface area contributed by atoms with E-state index in [-0.39, 0.29) is 5.97 Å². The molecule has 1 unspecified atom stereocenters. The lowest BCUT2D eigenvalue weighted by molar-refractivity contribution is -0.137. The monoisotopic (exact) mass is 246 g/mol. The van der Waals surface area contributed by atoms with Gasteiger partial charge in [0.05, 0.1) is 6.61 Å². The Labute approximate surface area is 110 Å². The van der Waals surface area contributed by atoms with E-state index in [0.717, 1.165) is 19.3 Å². The van der Waals surface area contributed by atoms with Crippen LogP contribution in [0.3, 0.4) is 0 Å². The number of benzene rings is 1. The predicted octanol–water partition coefficient (Wildman–Crippen LogP) is 4.08. The molecule has 0 aliphatic carbocycles. The SMILES string of the molecule is CCCCC(/C=C/C(=O)OCC)c1ccccc1. The number of unbranched alkanes of at least 4 members (excludes halogenated alkanes) is 1. The first-order valence-corrected chi connectivity index (χ1v) is 6.67. The zero-order chi connectivity index (χ0) is 13.2. The highest BCUT2D eigenvalue weighted by atomic mass is 16.5. The first-order chi connectivity index (χ1) is 8.77. The number of rotatable bonds is 7. The average molecular weight is 246 g/mol. The van der Waals surface area contributed by atoms with Crippen molar-refractivity contribution in [3.63, 3.8) is 0 Å². The molecule has 1 aromatic rings. The Hall–Kier alpha value is -1.57. The molecule has 0 amide bonds. The summed E-state index contributed by atoms with van der Waals surface area (Å²) in [6, 6.07) is 10.3. The topological polar surface area (TPSA) is 26.3 Å². The lowest BCUT2D eigenvalue weighted by Crippen LogP contribution is -2.01. The van der Waals surface area contributed by atoms with Crippen molar-refractivity contribution in [2.24, 2.45) is 0 Å². The fourth-order valence-corrected chi connectivity index (χ4v) is 1.88. The average Bonchev–Trinajstić information content (AvgIpc) is 2.40. The Morgan fingerprint density at radius 1 is 1.28 bits per heavy atom. The zero-order valence-electron chi connectivity index (χ0n) is 11.3. The molecule has 0 aliphatic heterocycles. The number of hydrogen-bond acceptors (Lipinski definition) is 2. The highest BCUT2D eigenvalue weighted by Gasteiger charge is 2.07. The van der Waals surface area contributed by atoms with Gasteiger partial charge in [-0.25, -0.2) is 4.79 Å². The van der Waals surface area contributed by atoms with Crippen molar-refractivity contribution in [2.75, 3.05) is 6.61 Å². The van der Waals surface area contributed by atoms with E-state index in [0.29, 0.717) is 12.5 Å². The molecule has 1 atom stereocenters. The summed E-state index contributed by atoms with van der Waals surface area (Å²) in [5.74, 6) is 0.0467. The number of hydrogen-bond donors (Lipinski definition) is 0. The molecule has 1 aromatic carbocycles. The minimum absolute atomic E-state index is 0.255. The molecule has 2 nitrogen and oxygen atoms in total. The number of esters is 1. The van der Waals surface area contributed by atoms with Gasteiger partial charge in [-0.15, -0.1) is 0 Å². The molecule has 0 heterocycles. The van der Waals surface area contributed by atoms with Crippen LogP contribution in [0.2, 0.25) is 0 Å². The Kier molecular flexibility index (Phi) is 6.85. The van der Waals surface area contributed by atoms with E-state index in [1.54, 1.807) is 6.08 Å². The number of ether oxygens (including phenoxy) is 1. The molecule has 0 N–H and O–H groups in total. The fourth-order valence-electron chi connectivity index (χ4n) is 1.88. The van der Waals surface area contributed by atoms with Crippen LogP contribution in [0.5, 0.6) is 0 Å². The van der Waals surface area contributed by atoms with Crippen LogP contribution in [0, 0.1) is 0 Å². The van der Waals surface area contributed by atoms with E-state index < -0.39 is 0 Å². The molecule has 18 heavy (non-hydrogen) atoms. The van der Waals surface area contributed by atoms with Crippen LogP contribution in [-0.2, 0) is 9.53 Å². The smallest absolute Gasteiger partial charge is 0.330 e. The maximum absolute atomic E-state index is 11.3.